The van der Waals surface area contributed by atoms with Gasteiger partial charge in [0.2, 0.25) is 0 Å². The van der Waals surface area contributed by atoms with Crippen LogP contribution in [0.3, 0.4) is 0 Å². The van der Waals surface area contributed by atoms with E-state index in [4.69, 9.17) is 9.47 Å². The molecule has 0 saturated carbocycles. The molecule has 3 aromatic rings. The van der Waals surface area contributed by atoms with E-state index in [1.54, 1.807) is 11.8 Å². The standard InChI is InChI=1S/C20H22N2O3S/c1-14-8-9-18(15(2)12-14)25-10-11-26-20-21-16-6-4-5-7-17(16)22(20)13-19(23)24-3/h4-9,12H,10-11,13H2,1-3H3. The largest absolute Gasteiger partial charge is 0.492 e. The number of esters is 1. The number of aryl methyl sites for hydroxylation is 2. The van der Waals surface area contributed by atoms with Crippen molar-refractivity contribution in [2.45, 2.75) is 25.5 Å². The van der Waals surface area contributed by atoms with Crippen LogP contribution < -0.4 is 4.74 Å². The first-order chi connectivity index (χ1) is 12.6. The first-order valence-corrected chi connectivity index (χ1v) is 9.42. The van der Waals surface area contributed by atoms with Crippen LogP contribution in [0.5, 0.6) is 5.75 Å². The number of aromatic nitrogens is 2. The third-order valence-electron chi connectivity index (χ3n) is 4.04. The van der Waals surface area contributed by atoms with Crippen LogP contribution in [-0.2, 0) is 16.1 Å². The average molecular weight is 370 g/mol. The van der Waals surface area contributed by atoms with Gasteiger partial charge in [0.1, 0.15) is 12.3 Å². The van der Waals surface area contributed by atoms with Crippen molar-refractivity contribution in [2.75, 3.05) is 19.5 Å². The molecule has 0 radical (unpaired) electrons. The molecular formula is C20H22N2O3S. The van der Waals surface area contributed by atoms with Gasteiger partial charge in [-0.1, -0.05) is 41.6 Å². The minimum absolute atomic E-state index is 0.150. The third kappa shape index (κ3) is 4.19. The highest BCUT2D eigenvalue weighted by Gasteiger charge is 2.14. The van der Waals surface area contributed by atoms with Crippen LogP contribution in [-0.4, -0.2) is 35.0 Å². The predicted octanol–water partition coefficient (Wildman–Crippen LogP) is 4.00. The minimum Gasteiger partial charge on any atom is -0.492 e. The summed E-state index contributed by atoms with van der Waals surface area (Å²) in [6.07, 6.45) is 0. The van der Waals surface area contributed by atoms with Gasteiger partial charge in [-0.05, 0) is 37.6 Å². The van der Waals surface area contributed by atoms with E-state index in [-0.39, 0.29) is 12.5 Å². The third-order valence-corrected chi connectivity index (χ3v) is 4.98. The number of ether oxygens (including phenoxy) is 2. The van der Waals surface area contributed by atoms with Gasteiger partial charge in [0.05, 0.1) is 24.8 Å². The maximum atomic E-state index is 11.8. The fourth-order valence-corrected chi connectivity index (χ4v) is 3.59. The van der Waals surface area contributed by atoms with Crippen LogP contribution in [0.15, 0.2) is 47.6 Å². The number of hydrogen-bond acceptors (Lipinski definition) is 5. The van der Waals surface area contributed by atoms with Crippen LogP contribution in [0.1, 0.15) is 11.1 Å². The Morgan fingerprint density at radius 1 is 1.19 bits per heavy atom. The zero-order chi connectivity index (χ0) is 18.5. The number of carbonyl (C=O) groups is 1. The van der Waals surface area contributed by atoms with Crippen LogP contribution in [0, 0.1) is 13.8 Å². The summed E-state index contributed by atoms with van der Waals surface area (Å²) in [5, 5.41) is 0.792. The smallest absolute Gasteiger partial charge is 0.325 e. The van der Waals surface area contributed by atoms with Crippen molar-refractivity contribution in [3.05, 3.63) is 53.6 Å². The van der Waals surface area contributed by atoms with E-state index in [9.17, 15) is 4.79 Å². The topological polar surface area (TPSA) is 53.4 Å². The highest BCUT2D eigenvalue weighted by atomic mass is 32.2. The number of fused-ring (bicyclic) bond motifs is 1. The summed E-state index contributed by atoms with van der Waals surface area (Å²) in [5.74, 6) is 1.35. The molecule has 0 bridgehead atoms. The number of methoxy groups -OCH3 is 1. The second kappa shape index (κ2) is 8.27. The van der Waals surface area contributed by atoms with E-state index in [2.05, 4.69) is 18.0 Å². The second-order valence-corrected chi connectivity index (χ2v) is 7.07. The number of thioether (sulfide) groups is 1. The number of para-hydroxylation sites is 2. The lowest BCUT2D eigenvalue weighted by Gasteiger charge is -2.10. The molecule has 6 heteroatoms. The molecule has 0 fully saturated rings. The van der Waals surface area contributed by atoms with Crippen molar-refractivity contribution in [3.63, 3.8) is 0 Å². The lowest BCUT2D eigenvalue weighted by atomic mass is 10.1. The summed E-state index contributed by atoms with van der Waals surface area (Å²) in [6.45, 7) is 4.83. The summed E-state index contributed by atoms with van der Waals surface area (Å²) >= 11 is 1.57. The van der Waals surface area contributed by atoms with Crippen molar-refractivity contribution in [1.82, 2.24) is 9.55 Å². The Labute approximate surface area is 157 Å². The lowest BCUT2D eigenvalue weighted by molar-refractivity contribution is -0.141. The van der Waals surface area contributed by atoms with E-state index < -0.39 is 0 Å². The highest BCUT2D eigenvalue weighted by Crippen LogP contribution is 2.25. The summed E-state index contributed by atoms with van der Waals surface area (Å²) in [6, 6.07) is 13.9. The van der Waals surface area contributed by atoms with Crippen molar-refractivity contribution in [2.24, 2.45) is 0 Å². The Morgan fingerprint density at radius 2 is 2.00 bits per heavy atom. The van der Waals surface area contributed by atoms with Gasteiger partial charge in [0, 0.05) is 5.75 Å². The second-order valence-electron chi connectivity index (χ2n) is 6.01. The van der Waals surface area contributed by atoms with Gasteiger partial charge in [-0.25, -0.2) is 4.98 Å². The molecule has 136 valence electrons. The summed E-state index contributed by atoms with van der Waals surface area (Å²) in [4.78, 5) is 16.4. The maximum Gasteiger partial charge on any atom is 0.325 e. The minimum atomic E-state index is -0.290. The molecule has 3 rings (SSSR count). The number of hydrogen-bond donors (Lipinski definition) is 0. The highest BCUT2D eigenvalue weighted by molar-refractivity contribution is 7.99. The molecule has 0 amide bonds. The predicted molar refractivity (Wildman–Crippen MR) is 104 cm³/mol. The van der Waals surface area contributed by atoms with Gasteiger partial charge in [-0.2, -0.15) is 0 Å². The van der Waals surface area contributed by atoms with E-state index in [0.29, 0.717) is 6.61 Å². The number of rotatable bonds is 7. The Bertz CT molecular complexity index is 921. The van der Waals surface area contributed by atoms with Gasteiger partial charge >= 0.3 is 5.97 Å². The van der Waals surface area contributed by atoms with Crippen molar-refractivity contribution < 1.29 is 14.3 Å². The first-order valence-electron chi connectivity index (χ1n) is 8.43. The molecule has 0 atom stereocenters. The van der Waals surface area contributed by atoms with Gasteiger partial charge in [0.15, 0.2) is 5.16 Å². The van der Waals surface area contributed by atoms with Crippen molar-refractivity contribution >= 4 is 28.8 Å². The molecular weight excluding hydrogens is 348 g/mol. The Morgan fingerprint density at radius 3 is 2.77 bits per heavy atom. The van der Waals surface area contributed by atoms with Crippen molar-refractivity contribution in [1.29, 1.82) is 0 Å². The average Bonchev–Trinajstić information content (AvgIpc) is 2.97. The number of benzene rings is 2. The van der Waals surface area contributed by atoms with Crippen molar-refractivity contribution in [3.8, 4) is 5.75 Å². The van der Waals surface area contributed by atoms with Gasteiger partial charge in [0.25, 0.3) is 0 Å². The molecule has 0 aliphatic heterocycles. The number of nitrogens with zero attached hydrogens (tertiary/aromatic N) is 2. The van der Waals surface area contributed by atoms with Crippen LogP contribution in [0.2, 0.25) is 0 Å². The van der Waals surface area contributed by atoms with E-state index in [0.717, 1.165) is 33.3 Å². The van der Waals surface area contributed by atoms with E-state index in [1.165, 1.54) is 12.7 Å². The molecule has 0 unspecified atom stereocenters. The summed E-state index contributed by atoms with van der Waals surface area (Å²) < 4.78 is 12.6. The van der Waals surface area contributed by atoms with Gasteiger partial charge in [-0.15, -0.1) is 0 Å². The molecule has 2 aromatic carbocycles. The zero-order valence-electron chi connectivity index (χ0n) is 15.2. The van der Waals surface area contributed by atoms with Gasteiger partial charge in [-0.3, -0.25) is 4.79 Å². The fourth-order valence-electron chi connectivity index (χ4n) is 2.76. The van der Waals surface area contributed by atoms with Crippen LogP contribution >= 0.6 is 11.8 Å². The Kier molecular flexibility index (Phi) is 5.83. The molecule has 0 N–H and O–H groups in total. The molecule has 26 heavy (non-hydrogen) atoms. The fraction of sp³-hybridized carbons (Fsp3) is 0.300. The van der Waals surface area contributed by atoms with Crippen LogP contribution in [0.4, 0.5) is 0 Å². The SMILES string of the molecule is COC(=O)Cn1c(SCCOc2ccc(C)cc2C)nc2ccccc21. The monoisotopic (exact) mass is 370 g/mol. The van der Waals surface area contributed by atoms with E-state index in [1.807, 2.05) is 47.9 Å². The molecule has 0 aliphatic rings. The quantitative estimate of drug-likeness (QED) is 0.357. The molecule has 0 aliphatic carbocycles. The summed E-state index contributed by atoms with van der Waals surface area (Å²) in [7, 11) is 1.39. The maximum absolute atomic E-state index is 11.8. The molecule has 5 nitrogen and oxygen atoms in total. The lowest BCUT2D eigenvalue weighted by Crippen LogP contribution is -2.12. The number of carbonyl (C=O) groups excluding carboxylic acids is 1. The Balaban J connectivity index is 1.68. The number of imidazole rings is 1. The first kappa shape index (κ1) is 18.3. The molecule has 1 aromatic heterocycles. The molecule has 0 spiro atoms. The van der Waals surface area contributed by atoms with E-state index >= 15 is 0 Å². The molecule has 0 saturated heterocycles. The molecule has 1 heterocycles. The zero-order valence-corrected chi connectivity index (χ0v) is 16.0. The Hall–Kier alpha value is -2.47. The van der Waals surface area contributed by atoms with Gasteiger partial charge < -0.3 is 14.0 Å². The van der Waals surface area contributed by atoms with Crippen LogP contribution in [0.25, 0.3) is 11.0 Å². The summed E-state index contributed by atoms with van der Waals surface area (Å²) in [5.41, 5.74) is 4.15. The normalized spacial score (nSPS) is 10.9.